The van der Waals surface area contributed by atoms with E-state index >= 15 is 0 Å². The molecule has 0 aliphatic rings. The molecule has 1 atom stereocenters. The Balaban J connectivity index is 2.99. The number of anilines is 1. The number of hydrogen-bond acceptors (Lipinski definition) is 3. The minimum atomic E-state index is -0.171. The first-order chi connectivity index (χ1) is 9.78. The Hall–Kier alpha value is -0.740. The summed E-state index contributed by atoms with van der Waals surface area (Å²) in [6.45, 7) is 9.25. The lowest BCUT2D eigenvalue weighted by Gasteiger charge is -2.31. The third-order valence-corrected chi connectivity index (χ3v) is 4.33. The van der Waals surface area contributed by atoms with Crippen molar-refractivity contribution in [2.75, 3.05) is 24.0 Å². The SMILES string of the molecule is CCC(CSC)N(C)c1ccc(F)cc1CNC(C)(C)C. The van der Waals surface area contributed by atoms with E-state index in [4.69, 9.17) is 0 Å². The van der Waals surface area contributed by atoms with Gasteiger partial charge in [-0.15, -0.1) is 0 Å². The maximum Gasteiger partial charge on any atom is 0.123 e. The lowest BCUT2D eigenvalue weighted by molar-refractivity contribution is 0.423. The van der Waals surface area contributed by atoms with Gasteiger partial charge in [-0.25, -0.2) is 4.39 Å². The largest absolute Gasteiger partial charge is 0.371 e. The lowest BCUT2D eigenvalue weighted by Crippen LogP contribution is -2.37. The maximum absolute atomic E-state index is 13.6. The zero-order chi connectivity index (χ0) is 16.0. The van der Waals surface area contributed by atoms with E-state index in [1.807, 2.05) is 17.8 Å². The third kappa shape index (κ3) is 5.87. The normalized spacial score (nSPS) is 13.3. The number of thioether (sulfide) groups is 1. The second-order valence-corrected chi connectivity index (χ2v) is 7.42. The van der Waals surface area contributed by atoms with Gasteiger partial charge in [0.1, 0.15) is 5.82 Å². The Bertz CT molecular complexity index is 443. The van der Waals surface area contributed by atoms with E-state index in [0.717, 1.165) is 23.4 Å². The summed E-state index contributed by atoms with van der Waals surface area (Å²) < 4.78 is 13.6. The average molecular weight is 312 g/mol. The molecule has 1 rings (SSSR count). The second kappa shape index (κ2) is 8.04. The molecule has 0 fully saturated rings. The van der Waals surface area contributed by atoms with Crippen molar-refractivity contribution in [3.63, 3.8) is 0 Å². The Morgan fingerprint density at radius 1 is 1.33 bits per heavy atom. The van der Waals surface area contributed by atoms with Crippen LogP contribution in [0.1, 0.15) is 39.7 Å². The van der Waals surface area contributed by atoms with Gasteiger partial charge in [0.25, 0.3) is 0 Å². The van der Waals surface area contributed by atoms with Crippen LogP contribution in [0, 0.1) is 5.82 Å². The summed E-state index contributed by atoms with van der Waals surface area (Å²) in [5.41, 5.74) is 2.16. The van der Waals surface area contributed by atoms with Crippen LogP contribution in [0.25, 0.3) is 0 Å². The van der Waals surface area contributed by atoms with Crippen molar-refractivity contribution >= 4 is 17.4 Å². The quantitative estimate of drug-likeness (QED) is 0.808. The Kier molecular flexibility index (Phi) is 7.01. The standard InChI is InChI=1S/C17H29FN2S/c1-7-15(12-21-6)20(5)16-9-8-14(18)10-13(16)11-19-17(2,3)4/h8-10,15,19H,7,11-12H2,1-6H3. The first-order valence-electron chi connectivity index (χ1n) is 7.53. The molecule has 0 saturated heterocycles. The van der Waals surface area contributed by atoms with Crippen molar-refractivity contribution in [2.45, 2.75) is 52.2 Å². The van der Waals surface area contributed by atoms with Crippen molar-refractivity contribution < 1.29 is 4.39 Å². The fourth-order valence-electron chi connectivity index (χ4n) is 2.29. The molecular formula is C17H29FN2S. The van der Waals surface area contributed by atoms with Gasteiger partial charge in [0, 0.05) is 36.6 Å². The Labute approximate surface area is 133 Å². The fraction of sp³-hybridized carbons (Fsp3) is 0.647. The first kappa shape index (κ1) is 18.3. The van der Waals surface area contributed by atoms with Crippen molar-refractivity contribution in [2.24, 2.45) is 0 Å². The molecule has 0 saturated carbocycles. The molecule has 0 aliphatic carbocycles. The Morgan fingerprint density at radius 3 is 2.52 bits per heavy atom. The summed E-state index contributed by atoms with van der Waals surface area (Å²) in [5.74, 6) is 0.909. The molecule has 21 heavy (non-hydrogen) atoms. The van der Waals surface area contributed by atoms with E-state index in [1.54, 1.807) is 12.1 Å². The first-order valence-corrected chi connectivity index (χ1v) is 8.93. The summed E-state index contributed by atoms with van der Waals surface area (Å²) >= 11 is 1.85. The fourth-order valence-corrected chi connectivity index (χ4v) is 3.14. The molecule has 1 N–H and O–H groups in total. The molecule has 1 aromatic rings. The van der Waals surface area contributed by atoms with Gasteiger partial charge in [0.2, 0.25) is 0 Å². The van der Waals surface area contributed by atoms with Crippen LogP contribution in [0.2, 0.25) is 0 Å². The molecule has 2 nitrogen and oxygen atoms in total. The number of halogens is 1. The minimum absolute atomic E-state index is 0.0194. The van der Waals surface area contributed by atoms with Gasteiger partial charge in [-0.05, 0) is 57.2 Å². The van der Waals surface area contributed by atoms with Gasteiger partial charge in [0.05, 0.1) is 0 Å². The van der Waals surface area contributed by atoms with E-state index in [1.165, 1.54) is 0 Å². The van der Waals surface area contributed by atoms with E-state index in [9.17, 15) is 4.39 Å². The zero-order valence-electron chi connectivity index (χ0n) is 14.2. The number of nitrogens with one attached hydrogen (secondary N) is 1. The molecule has 1 unspecified atom stereocenters. The van der Waals surface area contributed by atoms with Gasteiger partial charge < -0.3 is 10.2 Å². The summed E-state index contributed by atoms with van der Waals surface area (Å²) in [6.07, 6.45) is 3.21. The monoisotopic (exact) mass is 312 g/mol. The number of rotatable bonds is 7. The maximum atomic E-state index is 13.6. The molecule has 0 aliphatic heterocycles. The third-order valence-electron chi connectivity index (χ3n) is 3.61. The van der Waals surface area contributed by atoms with E-state index < -0.39 is 0 Å². The molecule has 4 heteroatoms. The van der Waals surface area contributed by atoms with E-state index in [2.05, 4.69) is 51.2 Å². The number of nitrogens with zero attached hydrogens (tertiary/aromatic N) is 1. The van der Waals surface area contributed by atoms with Crippen molar-refractivity contribution in [3.8, 4) is 0 Å². The summed E-state index contributed by atoms with van der Waals surface area (Å²) in [4.78, 5) is 2.29. The van der Waals surface area contributed by atoms with Gasteiger partial charge in [-0.1, -0.05) is 6.92 Å². The van der Waals surface area contributed by atoms with Crippen LogP contribution in [0.4, 0.5) is 10.1 Å². The van der Waals surface area contributed by atoms with Gasteiger partial charge in [-0.2, -0.15) is 11.8 Å². The summed E-state index contributed by atoms with van der Waals surface area (Å²) in [7, 11) is 2.11. The van der Waals surface area contributed by atoms with Crippen LogP contribution in [0.5, 0.6) is 0 Å². The summed E-state index contributed by atoms with van der Waals surface area (Å²) in [6, 6.07) is 5.57. The number of hydrogen-bond donors (Lipinski definition) is 1. The lowest BCUT2D eigenvalue weighted by atomic mass is 10.1. The number of benzene rings is 1. The van der Waals surface area contributed by atoms with Crippen LogP contribution < -0.4 is 10.2 Å². The van der Waals surface area contributed by atoms with Crippen molar-refractivity contribution in [3.05, 3.63) is 29.6 Å². The topological polar surface area (TPSA) is 15.3 Å². The van der Waals surface area contributed by atoms with Crippen LogP contribution in [-0.2, 0) is 6.54 Å². The molecular weight excluding hydrogens is 283 g/mol. The molecule has 120 valence electrons. The van der Waals surface area contributed by atoms with Crippen LogP contribution in [0.15, 0.2) is 18.2 Å². The van der Waals surface area contributed by atoms with Crippen LogP contribution in [-0.4, -0.2) is 30.6 Å². The smallest absolute Gasteiger partial charge is 0.123 e. The predicted octanol–water partition coefficient (Wildman–Crippen LogP) is 4.29. The highest BCUT2D eigenvalue weighted by molar-refractivity contribution is 7.98. The highest BCUT2D eigenvalue weighted by Crippen LogP contribution is 2.25. The summed E-state index contributed by atoms with van der Waals surface area (Å²) in [5, 5.41) is 3.45. The van der Waals surface area contributed by atoms with Gasteiger partial charge >= 0.3 is 0 Å². The van der Waals surface area contributed by atoms with Gasteiger partial charge in [-0.3, -0.25) is 0 Å². The van der Waals surface area contributed by atoms with E-state index in [-0.39, 0.29) is 11.4 Å². The molecule has 0 heterocycles. The van der Waals surface area contributed by atoms with Crippen LogP contribution in [0.3, 0.4) is 0 Å². The Morgan fingerprint density at radius 2 is 2.00 bits per heavy atom. The van der Waals surface area contributed by atoms with Gasteiger partial charge in [0.15, 0.2) is 0 Å². The second-order valence-electron chi connectivity index (χ2n) is 6.50. The molecule has 0 bridgehead atoms. The predicted molar refractivity (Wildman–Crippen MR) is 93.9 cm³/mol. The zero-order valence-corrected chi connectivity index (χ0v) is 15.0. The highest BCUT2D eigenvalue weighted by atomic mass is 32.2. The van der Waals surface area contributed by atoms with Crippen LogP contribution >= 0.6 is 11.8 Å². The highest BCUT2D eigenvalue weighted by Gasteiger charge is 2.17. The molecule has 0 aromatic heterocycles. The molecule has 0 spiro atoms. The molecule has 1 aromatic carbocycles. The minimum Gasteiger partial charge on any atom is -0.371 e. The molecule has 0 radical (unpaired) electrons. The van der Waals surface area contributed by atoms with Crippen molar-refractivity contribution in [1.82, 2.24) is 5.32 Å². The average Bonchev–Trinajstić information content (AvgIpc) is 2.41. The van der Waals surface area contributed by atoms with Crippen molar-refractivity contribution in [1.29, 1.82) is 0 Å². The van der Waals surface area contributed by atoms with E-state index in [0.29, 0.717) is 12.6 Å². The molecule has 0 amide bonds.